The number of aromatic nitrogens is 2. The van der Waals surface area contributed by atoms with Crippen LogP contribution in [0.4, 0.5) is 0 Å². The van der Waals surface area contributed by atoms with Gasteiger partial charge in [0.25, 0.3) is 0 Å². The summed E-state index contributed by atoms with van der Waals surface area (Å²) in [5.74, 6) is 3.57. The second-order valence-electron chi connectivity index (χ2n) is 7.53. The highest BCUT2D eigenvalue weighted by Gasteiger charge is 2.23. The number of guanidine groups is 1. The summed E-state index contributed by atoms with van der Waals surface area (Å²) in [6, 6.07) is 10.5. The fraction of sp³-hybridized carbons (Fsp3) is 0.524. The molecule has 1 aliphatic rings. The van der Waals surface area contributed by atoms with E-state index in [0.717, 1.165) is 56.2 Å². The molecule has 5 nitrogen and oxygen atoms in total. The molecule has 6 heteroatoms. The number of nitrogens with one attached hydrogen (secondary N) is 1. The van der Waals surface area contributed by atoms with E-state index in [-0.39, 0.29) is 24.0 Å². The zero-order valence-electron chi connectivity index (χ0n) is 16.6. The smallest absolute Gasteiger partial charge is 0.193 e. The van der Waals surface area contributed by atoms with E-state index in [1.807, 2.05) is 13.2 Å². The van der Waals surface area contributed by atoms with Crippen LogP contribution in [-0.2, 0) is 13.0 Å². The quantitative estimate of drug-likeness (QED) is 0.403. The topological polar surface area (TPSA) is 45.5 Å². The molecule has 2 heterocycles. The molecule has 1 saturated heterocycles. The molecule has 3 rings (SSSR count). The third kappa shape index (κ3) is 6.23. The first-order valence-corrected chi connectivity index (χ1v) is 9.65. The van der Waals surface area contributed by atoms with E-state index in [2.05, 4.69) is 75.1 Å². The number of aliphatic imine (C=N–C) groups is 1. The summed E-state index contributed by atoms with van der Waals surface area (Å²) < 4.78 is 2.23. The van der Waals surface area contributed by atoms with E-state index in [9.17, 15) is 0 Å². The molecule has 2 unspecified atom stereocenters. The van der Waals surface area contributed by atoms with Crippen LogP contribution in [0.2, 0.25) is 0 Å². The summed E-state index contributed by atoms with van der Waals surface area (Å²) in [4.78, 5) is 11.4. The number of imidazole rings is 1. The average Bonchev–Trinajstić information content (AvgIpc) is 3.06. The van der Waals surface area contributed by atoms with Crippen molar-refractivity contribution in [3.05, 3.63) is 54.1 Å². The second-order valence-corrected chi connectivity index (χ2v) is 7.53. The number of piperidine rings is 1. The van der Waals surface area contributed by atoms with Gasteiger partial charge in [-0.25, -0.2) is 4.98 Å². The number of hydrogen-bond donors (Lipinski definition) is 1. The molecule has 148 valence electrons. The van der Waals surface area contributed by atoms with Gasteiger partial charge in [-0.2, -0.15) is 0 Å². The summed E-state index contributed by atoms with van der Waals surface area (Å²) in [6.45, 7) is 8.55. The van der Waals surface area contributed by atoms with Crippen molar-refractivity contribution in [1.82, 2.24) is 19.8 Å². The van der Waals surface area contributed by atoms with E-state index in [1.54, 1.807) is 0 Å². The third-order valence-electron chi connectivity index (χ3n) is 5.01. The van der Waals surface area contributed by atoms with Crippen LogP contribution in [0.3, 0.4) is 0 Å². The van der Waals surface area contributed by atoms with Gasteiger partial charge in [0, 0.05) is 52.0 Å². The Hall–Kier alpha value is -1.57. The Morgan fingerprint density at radius 1 is 1.19 bits per heavy atom. The van der Waals surface area contributed by atoms with Crippen LogP contribution < -0.4 is 5.32 Å². The van der Waals surface area contributed by atoms with Crippen molar-refractivity contribution in [2.75, 3.05) is 26.7 Å². The molecule has 27 heavy (non-hydrogen) atoms. The van der Waals surface area contributed by atoms with Crippen LogP contribution in [0.15, 0.2) is 47.7 Å². The van der Waals surface area contributed by atoms with Crippen LogP contribution in [-0.4, -0.2) is 47.1 Å². The minimum atomic E-state index is 0. The lowest BCUT2D eigenvalue weighted by atomic mass is 9.92. The molecule has 0 bridgehead atoms. The molecule has 0 saturated carbocycles. The van der Waals surface area contributed by atoms with Crippen molar-refractivity contribution in [3.8, 4) is 0 Å². The molecule has 0 aliphatic carbocycles. The van der Waals surface area contributed by atoms with Crippen molar-refractivity contribution in [3.63, 3.8) is 0 Å². The fourth-order valence-corrected chi connectivity index (χ4v) is 3.95. The summed E-state index contributed by atoms with van der Waals surface area (Å²) in [5, 5.41) is 3.53. The Bertz CT molecular complexity index is 702. The van der Waals surface area contributed by atoms with Crippen LogP contribution in [0.1, 0.15) is 31.7 Å². The minimum Gasteiger partial charge on any atom is -0.356 e. The van der Waals surface area contributed by atoms with Gasteiger partial charge in [-0.1, -0.05) is 44.2 Å². The predicted molar refractivity (Wildman–Crippen MR) is 123 cm³/mol. The van der Waals surface area contributed by atoms with Gasteiger partial charge in [0.1, 0.15) is 5.82 Å². The Morgan fingerprint density at radius 3 is 2.56 bits per heavy atom. The van der Waals surface area contributed by atoms with Crippen molar-refractivity contribution in [1.29, 1.82) is 0 Å². The average molecular weight is 481 g/mol. The molecular weight excluding hydrogens is 449 g/mol. The lowest BCUT2D eigenvalue weighted by Gasteiger charge is -2.37. The molecule has 2 aromatic rings. The van der Waals surface area contributed by atoms with Gasteiger partial charge in [0.15, 0.2) is 5.96 Å². The first-order chi connectivity index (χ1) is 12.7. The standard InChI is InChI=1S/C21H31N5.HI/c1-17-13-18(2)15-26(14-17)21(22-3)24-10-9-20-23-11-12-25(20)16-19-7-5-4-6-8-19;/h4-8,11-12,17-18H,9-10,13-16H2,1-3H3,(H,22,24);1H. The summed E-state index contributed by atoms with van der Waals surface area (Å²) in [6.07, 6.45) is 6.15. The Labute approximate surface area is 180 Å². The first kappa shape index (κ1) is 21.7. The maximum absolute atomic E-state index is 4.54. The summed E-state index contributed by atoms with van der Waals surface area (Å²) in [7, 11) is 1.88. The van der Waals surface area contributed by atoms with Gasteiger partial charge in [0.2, 0.25) is 0 Å². The maximum Gasteiger partial charge on any atom is 0.193 e. The fourth-order valence-electron chi connectivity index (χ4n) is 3.95. The number of benzene rings is 1. The Morgan fingerprint density at radius 2 is 1.89 bits per heavy atom. The summed E-state index contributed by atoms with van der Waals surface area (Å²) >= 11 is 0. The highest BCUT2D eigenvalue weighted by molar-refractivity contribution is 14.0. The molecule has 0 amide bonds. The van der Waals surface area contributed by atoms with Crippen LogP contribution in [0, 0.1) is 11.8 Å². The zero-order chi connectivity index (χ0) is 18.4. The molecule has 1 fully saturated rings. The molecule has 1 aliphatic heterocycles. The van der Waals surface area contributed by atoms with E-state index in [1.165, 1.54) is 12.0 Å². The number of nitrogens with zero attached hydrogens (tertiary/aromatic N) is 4. The second kappa shape index (κ2) is 10.7. The molecule has 0 spiro atoms. The van der Waals surface area contributed by atoms with E-state index < -0.39 is 0 Å². The lowest BCUT2D eigenvalue weighted by Crippen LogP contribution is -2.48. The van der Waals surface area contributed by atoms with Gasteiger partial charge >= 0.3 is 0 Å². The number of hydrogen-bond acceptors (Lipinski definition) is 2. The van der Waals surface area contributed by atoms with Gasteiger partial charge in [-0.3, -0.25) is 4.99 Å². The molecular formula is C21H32IN5. The minimum absolute atomic E-state index is 0. The van der Waals surface area contributed by atoms with Crippen molar-refractivity contribution >= 4 is 29.9 Å². The van der Waals surface area contributed by atoms with E-state index in [0.29, 0.717) is 0 Å². The van der Waals surface area contributed by atoms with Gasteiger partial charge in [0.05, 0.1) is 0 Å². The predicted octanol–water partition coefficient (Wildman–Crippen LogP) is 3.65. The SMILES string of the molecule is CN=C(NCCc1nccn1Cc1ccccc1)N1CC(C)CC(C)C1.I. The monoisotopic (exact) mass is 481 g/mol. The van der Waals surface area contributed by atoms with E-state index in [4.69, 9.17) is 0 Å². The summed E-state index contributed by atoms with van der Waals surface area (Å²) in [5.41, 5.74) is 1.30. The van der Waals surface area contributed by atoms with Crippen LogP contribution in [0.25, 0.3) is 0 Å². The number of rotatable bonds is 5. The molecule has 1 aromatic heterocycles. The van der Waals surface area contributed by atoms with Crippen molar-refractivity contribution in [2.45, 2.75) is 33.2 Å². The normalized spacial score (nSPS) is 20.3. The van der Waals surface area contributed by atoms with Gasteiger partial charge < -0.3 is 14.8 Å². The third-order valence-corrected chi connectivity index (χ3v) is 5.01. The van der Waals surface area contributed by atoms with Crippen molar-refractivity contribution in [2.24, 2.45) is 16.8 Å². The highest BCUT2D eigenvalue weighted by Crippen LogP contribution is 2.20. The molecule has 1 N–H and O–H groups in total. The lowest BCUT2D eigenvalue weighted by molar-refractivity contribution is 0.208. The van der Waals surface area contributed by atoms with Crippen molar-refractivity contribution < 1.29 is 0 Å². The van der Waals surface area contributed by atoms with E-state index >= 15 is 0 Å². The first-order valence-electron chi connectivity index (χ1n) is 9.65. The maximum atomic E-state index is 4.54. The number of halogens is 1. The van der Waals surface area contributed by atoms with Gasteiger partial charge in [-0.15, -0.1) is 24.0 Å². The Balaban J connectivity index is 0.00000261. The largest absolute Gasteiger partial charge is 0.356 e. The molecule has 2 atom stereocenters. The van der Waals surface area contributed by atoms with Crippen LogP contribution >= 0.6 is 24.0 Å². The van der Waals surface area contributed by atoms with Crippen LogP contribution in [0.5, 0.6) is 0 Å². The zero-order valence-corrected chi connectivity index (χ0v) is 19.0. The highest BCUT2D eigenvalue weighted by atomic mass is 127. The molecule has 1 aromatic carbocycles. The molecule has 0 radical (unpaired) electrons. The Kier molecular flexibility index (Phi) is 8.60. The van der Waals surface area contributed by atoms with Gasteiger partial charge in [-0.05, 0) is 23.8 Å². The number of likely N-dealkylation sites (tertiary alicyclic amines) is 1.